The average molecular weight is 278 g/mol. The molecule has 4 rings (SSSR count). The van der Waals surface area contributed by atoms with Crippen LogP contribution < -0.4 is 10.2 Å². The lowest BCUT2D eigenvalue weighted by molar-refractivity contribution is -0.124. The first-order valence-electron chi connectivity index (χ1n) is 6.95. The van der Waals surface area contributed by atoms with E-state index >= 15 is 0 Å². The monoisotopic (exact) mass is 278 g/mol. The molecule has 0 radical (unpaired) electrons. The summed E-state index contributed by atoms with van der Waals surface area (Å²) in [6, 6.07) is 15.3. The number of benzene rings is 2. The fraction of sp³-hybridized carbons (Fsp3) is 0.176. The molecule has 2 aliphatic rings. The molecule has 0 spiro atoms. The number of para-hydroxylation sites is 2. The number of nitrogens with zero attached hydrogens (tertiary/aromatic N) is 1. The SMILES string of the molecule is CN1C(=O)[C@@H]([C@@H]2C(=O)Nc3ccccc32)c2ccccc21. The Morgan fingerprint density at radius 1 is 0.905 bits per heavy atom. The second-order valence-corrected chi connectivity index (χ2v) is 5.49. The summed E-state index contributed by atoms with van der Waals surface area (Å²) in [7, 11) is 1.76. The average Bonchev–Trinajstić information content (AvgIpc) is 2.95. The van der Waals surface area contributed by atoms with Crippen molar-refractivity contribution in [3.63, 3.8) is 0 Å². The van der Waals surface area contributed by atoms with Crippen molar-refractivity contribution < 1.29 is 9.59 Å². The number of amides is 2. The minimum Gasteiger partial charge on any atom is -0.325 e. The van der Waals surface area contributed by atoms with E-state index in [1.165, 1.54) is 0 Å². The smallest absolute Gasteiger partial charge is 0.235 e. The molecule has 21 heavy (non-hydrogen) atoms. The summed E-state index contributed by atoms with van der Waals surface area (Å²) in [4.78, 5) is 26.7. The van der Waals surface area contributed by atoms with Gasteiger partial charge in [0.2, 0.25) is 11.8 Å². The van der Waals surface area contributed by atoms with Crippen LogP contribution in [0.25, 0.3) is 0 Å². The van der Waals surface area contributed by atoms with Crippen LogP contribution in [-0.4, -0.2) is 18.9 Å². The zero-order valence-electron chi connectivity index (χ0n) is 11.5. The van der Waals surface area contributed by atoms with Gasteiger partial charge in [-0.2, -0.15) is 0 Å². The van der Waals surface area contributed by atoms with Crippen LogP contribution in [0.3, 0.4) is 0 Å². The molecule has 0 aromatic heterocycles. The Bertz CT molecular complexity index is 769. The summed E-state index contributed by atoms with van der Waals surface area (Å²) in [5.41, 5.74) is 3.55. The normalized spacial score (nSPS) is 23.0. The van der Waals surface area contributed by atoms with E-state index in [0.717, 1.165) is 22.5 Å². The van der Waals surface area contributed by atoms with Crippen LogP contribution in [-0.2, 0) is 9.59 Å². The van der Waals surface area contributed by atoms with Crippen LogP contribution in [0.4, 0.5) is 11.4 Å². The van der Waals surface area contributed by atoms with E-state index < -0.39 is 11.8 Å². The van der Waals surface area contributed by atoms with E-state index in [1.54, 1.807) is 11.9 Å². The summed E-state index contributed by atoms with van der Waals surface area (Å²) in [5.74, 6) is -0.998. The Morgan fingerprint density at radius 3 is 2.38 bits per heavy atom. The first kappa shape index (κ1) is 12.1. The molecule has 4 nitrogen and oxygen atoms in total. The zero-order chi connectivity index (χ0) is 14.6. The van der Waals surface area contributed by atoms with Crippen molar-refractivity contribution in [3.8, 4) is 0 Å². The number of rotatable bonds is 1. The highest BCUT2D eigenvalue weighted by molar-refractivity contribution is 6.12. The molecule has 0 fully saturated rings. The van der Waals surface area contributed by atoms with Gasteiger partial charge in [0, 0.05) is 18.4 Å². The molecule has 2 aromatic rings. The molecule has 0 saturated carbocycles. The summed E-state index contributed by atoms with van der Waals surface area (Å²) in [6.07, 6.45) is 0. The molecular weight excluding hydrogens is 264 g/mol. The van der Waals surface area contributed by atoms with Gasteiger partial charge < -0.3 is 10.2 Å². The predicted molar refractivity (Wildman–Crippen MR) is 80.4 cm³/mol. The predicted octanol–water partition coefficient (Wildman–Crippen LogP) is 2.48. The van der Waals surface area contributed by atoms with Crippen molar-refractivity contribution in [2.24, 2.45) is 0 Å². The first-order chi connectivity index (χ1) is 10.2. The number of fused-ring (bicyclic) bond motifs is 2. The standard InChI is InChI=1S/C17H14N2O2/c1-19-13-9-5-3-7-11(13)15(17(19)21)14-10-6-2-4-8-12(10)18-16(14)20/h2-9,14-15H,1H3,(H,18,20)/t14-,15-/m1/s1. The minimum absolute atomic E-state index is 0.0203. The van der Waals surface area contributed by atoms with Crippen LogP contribution in [0.1, 0.15) is 23.0 Å². The maximum atomic E-state index is 12.7. The number of hydrogen-bond acceptors (Lipinski definition) is 2. The van der Waals surface area contributed by atoms with Crippen LogP contribution in [0.2, 0.25) is 0 Å². The zero-order valence-corrected chi connectivity index (χ0v) is 11.5. The van der Waals surface area contributed by atoms with Gasteiger partial charge in [0.05, 0.1) is 11.8 Å². The van der Waals surface area contributed by atoms with Crippen molar-refractivity contribution >= 4 is 23.2 Å². The van der Waals surface area contributed by atoms with Crippen LogP contribution in [0, 0.1) is 0 Å². The maximum Gasteiger partial charge on any atom is 0.235 e. The molecule has 104 valence electrons. The van der Waals surface area contributed by atoms with Crippen LogP contribution in [0.5, 0.6) is 0 Å². The van der Waals surface area contributed by atoms with Crippen LogP contribution in [0.15, 0.2) is 48.5 Å². The summed E-state index contributed by atoms with van der Waals surface area (Å²) >= 11 is 0. The highest BCUT2D eigenvalue weighted by atomic mass is 16.2. The van der Waals surface area contributed by atoms with Gasteiger partial charge in [-0.3, -0.25) is 9.59 Å². The van der Waals surface area contributed by atoms with Gasteiger partial charge >= 0.3 is 0 Å². The number of nitrogens with one attached hydrogen (secondary N) is 1. The molecule has 0 unspecified atom stereocenters. The summed E-state index contributed by atoms with van der Waals surface area (Å²) in [6.45, 7) is 0. The van der Waals surface area contributed by atoms with Crippen molar-refractivity contribution in [1.29, 1.82) is 0 Å². The third-order valence-corrected chi connectivity index (χ3v) is 4.40. The van der Waals surface area contributed by atoms with Crippen molar-refractivity contribution in [2.45, 2.75) is 11.8 Å². The van der Waals surface area contributed by atoms with Gasteiger partial charge in [0.1, 0.15) is 0 Å². The molecule has 2 heterocycles. The molecule has 0 aliphatic carbocycles. The molecule has 1 N–H and O–H groups in total. The Kier molecular flexibility index (Phi) is 2.42. The van der Waals surface area contributed by atoms with E-state index in [0.29, 0.717) is 0 Å². The Labute approximate surface area is 122 Å². The Balaban J connectivity index is 1.88. The molecule has 0 saturated heterocycles. The molecule has 2 aliphatic heterocycles. The van der Waals surface area contributed by atoms with Gasteiger partial charge in [-0.1, -0.05) is 36.4 Å². The second-order valence-electron chi connectivity index (χ2n) is 5.49. The van der Waals surface area contributed by atoms with Crippen molar-refractivity contribution in [2.75, 3.05) is 17.3 Å². The van der Waals surface area contributed by atoms with E-state index in [-0.39, 0.29) is 11.8 Å². The summed E-state index contributed by atoms with van der Waals surface area (Å²) < 4.78 is 0. The van der Waals surface area contributed by atoms with E-state index in [9.17, 15) is 9.59 Å². The molecule has 4 heteroatoms. The van der Waals surface area contributed by atoms with E-state index in [4.69, 9.17) is 0 Å². The molecule has 2 aromatic carbocycles. The second kappa shape index (κ2) is 4.19. The number of carbonyl (C=O) groups is 2. The fourth-order valence-corrected chi connectivity index (χ4v) is 3.40. The van der Waals surface area contributed by atoms with Crippen LogP contribution >= 0.6 is 0 Å². The molecular formula is C17H14N2O2. The van der Waals surface area contributed by atoms with E-state index in [1.807, 2.05) is 48.5 Å². The third kappa shape index (κ3) is 1.56. The van der Waals surface area contributed by atoms with Gasteiger partial charge in [-0.25, -0.2) is 0 Å². The Hall–Kier alpha value is -2.62. The minimum atomic E-state index is -0.445. The van der Waals surface area contributed by atoms with Gasteiger partial charge in [-0.15, -0.1) is 0 Å². The Morgan fingerprint density at radius 2 is 1.57 bits per heavy atom. The fourth-order valence-electron chi connectivity index (χ4n) is 3.40. The van der Waals surface area contributed by atoms with Crippen molar-refractivity contribution in [1.82, 2.24) is 0 Å². The lowest BCUT2D eigenvalue weighted by Crippen LogP contribution is -2.29. The number of likely N-dealkylation sites (N-methyl/N-ethyl adjacent to an activating group) is 1. The number of hydrogen-bond donors (Lipinski definition) is 1. The number of carbonyl (C=O) groups excluding carboxylic acids is 2. The number of anilines is 2. The lowest BCUT2D eigenvalue weighted by atomic mass is 9.83. The quantitative estimate of drug-likeness (QED) is 0.871. The molecule has 2 amide bonds. The highest BCUT2D eigenvalue weighted by Crippen LogP contribution is 2.48. The molecule has 2 atom stereocenters. The molecule has 0 bridgehead atoms. The van der Waals surface area contributed by atoms with Gasteiger partial charge in [0.25, 0.3) is 0 Å². The van der Waals surface area contributed by atoms with E-state index in [2.05, 4.69) is 5.32 Å². The summed E-state index contributed by atoms with van der Waals surface area (Å²) in [5, 5.41) is 2.88. The largest absolute Gasteiger partial charge is 0.325 e. The van der Waals surface area contributed by atoms with Gasteiger partial charge in [0.15, 0.2) is 0 Å². The van der Waals surface area contributed by atoms with Gasteiger partial charge in [-0.05, 0) is 23.3 Å². The van der Waals surface area contributed by atoms with Crippen molar-refractivity contribution in [3.05, 3.63) is 59.7 Å². The maximum absolute atomic E-state index is 12.7. The topological polar surface area (TPSA) is 49.4 Å². The highest BCUT2D eigenvalue weighted by Gasteiger charge is 2.46. The first-order valence-corrected chi connectivity index (χ1v) is 6.95. The third-order valence-electron chi connectivity index (χ3n) is 4.40. The lowest BCUT2D eigenvalue weighted by Gasteiger charge is -2.16.